The summed E-state index contributed by atoms with van der Waals surface area (Å²) in [4.78, 5) is 52.6. The summed E-state index contributed by atoms with van der Waals surface area (Å²) in [6.45, 7) is 3.62. The predicted molar refractivity (Wildman–Crippen MR) is 140 cm³/mol. The van der Waals surface area contributed by atoms with Crippen molar-refractivity contribution in [2.24, 2.45) is 0 Å². The summed E-state index contributed by atoms with van der Waals surface area (Å²) < 4.78 is 9.89. The molecule has 0 aliphatic carbocycles. The molecular weight excluding hydrogens is 510 g/mol. The molecule has 212 valence electrons. The zero-order valence-corrected chi connectivity index (χ0v) is 22.3. The molecule has 0 fully saturated rings. The van der Waals surface area contributed by atoms with Crippen LogP contribution in [0.1, 0.15) is 37.9 Å². The van der Waals surface area contributed by atoms with Gasteiger partial charge in [-0.25, -0.2) is 4.79 Å². The third-order valence-corrected chi connectivity index (χ3v) is 5.37. The third-order valence-electron chi connectivity index (χ3n) is 5.37. The Morgan fingerprint density at radius 1 is 1.00 bits per heavy atom. The lowest BCUT2D eigenvalue weighted by molar-refractivity contribution is -0.145. The first-order chi connectivity index (χ1) is 18.3. The van der Waals surface area contributed by atoms with Crippen LogP contribution in [0.15, 0.2) is 48.5 Å². The Balaban J connectivity index is 2.51. The molecule has 0 aliphatic heterocycles. The van der Waals surface area contributed by atoms with Crippen LogP contribution < -0.4 is 10.6 Å². The van der Waals surface area contributed by atoms with Crippen LogP contribution in [0.2, 0.25) is 0 Å². The van der Waals surface area contributed by atoms with Crippen molar-refractivity contribution in [1.82, 2.24) is 15.5 Å². The molecule has 3 amide bonds. The number of aliphatic hydroxyl groups excluding tert-OH is 1. The molecule has 2 unspecified atom stereocenters. The van der Waals surface area contributed by atoms with E-state index in [1.165, 1.54) is 36.4 Å². The van der Waals surface area contributed by atoms with E-state index < -0.39 is 54.7 Å². The summed E-state index contributed by atoms with van der Waals surface area (Å²) in [6.07, 6.45) is -0.927. The normalized spacial score (nSPS) is 12.5. The van der Waals surface area contributed by atoms with Crippen molar-refractivity contribution >= 4 is 23.9 Å². The van der Waals surface area contributed by atoms with Gasteiger partial charge in [0.1, 0.15) is 35.7 Å². The van der Waals surface area contributed by atoms with Gasteiger partial charge in [-0.1, -0.05) is 24.3 Å². The van der Waals surface area contributed by atoms with Gasteiger partial charge >= 0.3 is 12.1 Å². The molecular formula is C27H35N3O9. The number of aromatic hydroxyl groups is 2. The Hall–Kier alpha value is -4.32. The van der Waals surface area contributed by atoms with E-state index >= 15 is 0 Å². The van der Waals surface area contributed by atoms with Gasteiger partial charge in [0.15, 0.2) is 0 Å². The van der Waals surface area contributed by atoms with E-state index in [2.05, 4.69) is 15.4 Å². The second kappa shape index (κ2) is 14.0. The highest BCUT2D eigenvalue weighted by molar-refractivity contribution is 5.93. The zero-order valence-electron chi connectivity index (χ0n) is 22.3. The SMILES string of the molecule is COC(=O)CNC(=O)C(c1cccc(O)c1)N(CCO)C(=O)C(Cc1ccc(O)cc1)NC(=O)OC(C)(C)C. The third kappa shape index (κ3) is 9.82. The molecule has 0 radical (unpaired) electrons. The molecule has 2 aromatic rings. The quantitative estimate of drug-likeness (QED) is 0.261. The smallest absolute Gasteiger partial charge is 0.408 e. The number of carbonyl (C=O) groups is 4. The molecule has 0 bridgehead atoms. The molecule has 0 saturated heterocycles. The lowest BCUT2D eigenvalue weighted by Gasteiger charge is -2.34. The molecule has 0 aromatic heterocycles. The Morgan fingerprint density at radius 3 is 2.23 bits per heavy atom. The fourth-order valence-corrected chi connectivity index (χ4v) is 3.69. The molecule has 2 atom stereocenters. The van der Waals surface area contributed by atoms with Gasteiger partial charge in [-0.05, 0) is 56.2 Å². The van der Waals surface area contributed by atoms with Gasteiger partial charge in [-0.2, -0.15) is 0 Å². The highest BCUT2D eigenvalue weighted by atomic mass is 16.6. The van der Waals surface area contributed by atoms with Gasteiger partial charge in [0.2, 0.25) is 11.8 Å². The number of rotatable bonds is 11. The Bertz CT molecular complexity index is 1150. The average molecular weight is 546 g/mol. The number of esters is 1. The second-order valence-corrected chi connectivity index (χ2v) is 9.62. The summed E-state index contributed by atoms with van der Waals surface area (Å²) >= 11 is 0. The zero-order chi connectivity index (χ0) is 29.2. The molecule has 0 spiro atoms. The van der Waals surface area contributed by atoms with Crippen molar-refractivity contribution in [3.05, 3.63) is 59.7 Å². The lowest BCUT2D eigenvalue weighted by atomic mass is 10.00. The van der Waals surface area contributed by atoms with Crippen LogP contribution in [0.4, 0.5) is 4.79 Å². The number of hydrogen-bond acceptors (Lipinski definition) is 9. The number of aliphatic hydroxyl groups is 1. The van der Waals surface area contributed by atoms with E-state index in [4.69, 9.17) is 4.74 Å². The summed E-state index contributed by atoms with van der Waals surface area (Å²) in [6, 6.07) is 8.94. The Labute approximate surface area is 226 Å². The van der Waals surface area contributed by atoms with E-state index in [1.807, 2.05) is 0 Å². The maximum absolute atomic E-state index is 14.0. The highest BCUT2D eigenvalue weighted by Gasteiger charge is 2.36. The largest absolute Gasteiger partial charge is 0.508 e. The molecule has 12 nitrogen and oxygen atoms in total. The van der Waals surface area contributed by atoms with E-state index in [1.54, 1.807) is 32.9 Å². The number of nitrogens with zero attached hydrogens (tertiary/aromatic N) is 1. The molecule has 0 aliphatic rings. The van der Waals surface area contributed by atoms with Gasteiger partial charge in [0.05, 0.1) is 13.7 Å². The number of benzene rings is 2. The van der Waals surface area contributed by atoms with Crippen molar-refractivity contribution in [2.45, 2.75) is 44.9 Å². The molecule has 2 rings (SSSR count). The monoisotopic (exact) mass is 545 g/mol. The summed E-state index contributed by atoms with van der Waals surface area (Å²) in [7, 11) is 1.15. The number of amides is 3. The summed E-state index contributed by atoms with van der Waals surface area (Å²) in [5, 5.41) is 34.4. The molecule has 5 N–H and O–H groups in total. The Morgan fingerprint density at radius 2 is 1.67 bits per heavy atom. The first kappa shape index (κ1) is 30.9. The molecule has 39 heavy (non-hydrogen) atoms. The Kier molecular flexibility index (Phi) is 11.1. The molecule has 0 saturated carbocycles. The van der Waals surface area contributed by atoms with Crippen LogP contribution in [0.3, 0.4) is 0 Å². The van der Waals surface area contributed by atoms with Crippen molar-refractivity contribution in [2.75, 3.05) is 26.8 Å². The van der Waals surface area contributed by atoms with E-state index in [-0.39, 0.29) is 30.0 Å². The number of alkyl carbamates (subject to hydrolysis) is 1. The van der Waals surface area contributed by atoms with Crippen LogP contribution in [-0.4, -0.2) is 82.5 Å². The number of hydrogen-bond donors (Lipinski definition) is 5. The van der Waals surface area contributed by atoms with Crippen LogP contribution in [0, 0.1) is 0 Å². The van der Waals surface area contributed by atoms with Crippen LogP contribution >= 0.6 is 0 Å². The first-order valence-corrected chi connectivity index (χ1v) is 12.2. The van der Waals surface area contributed by atoms with Gasteiger partial charge in [0.25, 0.3) is 0 Å². The van der Waals surface area contributed by atoms with Crippen LogP contribution in [0.25, 0.3) is 0 Å². The molecule has 12 heteroatoms. The van der Waals surface area contributed by atoms with E-state index in [0.717, 1.165) is 12.0 Å². The predicted octanol–water partition coefficient (Wildman–Crippen LogP) is 1.38. The average Bonchev–Trinajstić information content (AvgIpc) is 2.86. The maximum atomic E-state index is 14.0. The highest BCUT2D eigenvalue weighted by Crippen LogP contribution is 2.26. The molecule has 2 aromatic carbocycles. The van der Waals surface area contributed by atoms with Crippen LogP contribution in [0.5, 0.6) is 11.5 Å². The maximum Gasteiger partial charge on any atom is 0.408 e. The van der Waals surface area contributed by atoms with Crippen molar-refractivity contribution in [3.63, 3.8) is 0 Å². The van der Waals surface area contributed by atoms with Crippen molar-refractivity contribution in [3.8, 4) is 11.5 Å². The summed E-state index contributed by atoms with van der Waals surface area (Å²) in [5.74, 6) is -2.43. The number of ether oxygens (including phenoxy) is 2. The minimum absolute atomic E-state index is 0.00913. The topological polar surface area (TPSA) is 175 Å². The number of phenolic OH excluding ortho intramolecular Hbond substituents is 2. The minimum atomic E-state index is -1.40. The summed E-state index contributed by atoms with van der Waals surface area (Å²) in [5.41, 5.74) is -0.0891. The van der Waals surface area contributed by atoms with Gasteiger partial charge in [-0.3, -0.25) is 14.4 Å². The van der Waals surface area contributed by atoms with Gasteiger partial charge < -0.3 is 40.3 Å². The van der Waals surface area contributed by atoms with Crippen LogP contribution in [-0.2, 0) is 30.3 Å². The fourth-order valence-electron chi connectivity index (χ4n) is 3.69. The van der Waals surface area contributed by atoms with E-state index in [0.29, 0.717) is 5.56 Å². The number of carbonyl (C=O) groups excluding carboxylic acids is 4. The minimum Gasteiger partial charge on any atom is -0.508 e. The number of nitrogens with one attached hydrogen (secondary N) is 2. The second-order valence-electron chi connectivity index (χ2n) is 9.62. The lowest BCUT2D eigenvalue weighted by Crippen LogP contribution is -2.54. The number of methoxy groups -OCH3 is 1. The molecule has 0 heterocycles. The van der Waals surface area contributed by atoms with Crippen molar-refractivity contribution in [1.29, 1.82) is 0 Å². The van der Waals surface area contributed by atoms with E-state index in [9.17, 15) is 34.5 Å². The standard InChI is InChI=1S/C27H35N3O9/c1-27(2,3)39-26(37)29-21(14-17-8-10-19(32)11-9-17)25(36)30(12-13-31)23(18-6-5-7-20(33)15-18)24(35)28-16-22(34)38-4/h5-11,15,21,23,31-33H,12-14,16H2,1-4H3,(H,28,35)(H,29,37). The van der Waals surface area contributed by atoms with Crippen molar-refractivity contribution < 1.29 is 44.0 Å². The van der Waals surface area contributed by atoms with Gasteiger partial charge in [-0.15, -0.1) is 0 Å². The van der Waals surface area contributed by atoms with Gasteiger partial charge in [0, 0.05) is 13.0 Å². The first-order valence-electron chi connectivity index (χ1n) is 12.2. The number of phenols is 2. The fraction of sp³-hybridized carbons (Fsp3) is 0.407.